The number of benzene rings is 1. The van der Waals surface area contributed by atoms with E-state index in [1.807, 2.05) is 45.0 Å². The van der Waals surface area contributed by atoms with Crippen LogP contribution in [0.25, 0.3) is 5.69 Å². The standard InChI is InChI=1S/C18H23N3O4/c1-11(2)15-13(16(22)19-10-18(4,25)17(23)24)9-20-21(15)14-8-6-5-7-12(14)3/h5-9,11,25H,10H2,1-4H3,(H,19,22)(H,23,24). The number of aliphatic carboxylic acids is 1. The first-order valence-corrected chi connectivity index (χ1v) is 8.03. The fourth-order valence-corrected chi connectivity index (χ4v) is 2.50. The van der Waals surface area contributed by atoms with Gasteiger partial charge in [-0.1, -0.05) is 32.0 Å². The lowest BCUT2D eigenvalue weighted by Crippen LogP contribution is -2.46. The molecule has 0 fully saturated rings. The topological polar surface area (TPSA) is 104 Å². The lowest BCUT2D eigenvalue weighted by molar-refractivity contribution is -0.155. The molecule has 1 atom stereocenters. The van der Waals surface area contributed by atoms with E-state index in [9.17, 15) is 14.7 Å². The average molecular weight is 345 g/mol. The van der Waals surface area contributed by atoms with Crippen LogP contribution in [0.3, 0.4) is 0 Å². The molecule has 1 heterocycles. The molecule has 134 valence electrons. The van der Waals surface area contributed by atoms with Gasteiger partial charge in [0.2, 0.25) is 0 Å². The number of carboxylic acids is 1. The Kier molecular flexibility index (Phi) is 5.27. The van der Waals surface area contributed by atoms with Gasteiger partial charge in [0.1, 0.15) is 0 Å². The number of nitrogens with zero attached hydrogens (tertiary/aromatic N) is 2. The molecule has 1 unspecified atom stereocenters. The van der Waals surface area contributed by atoms with Crippen LogP contribution >= 0.6 is 0 Å². The number of para-hydroxylation sites is 1. The molecule has 3 N–H and O–H groups in total. The number of aliphatic hydroxyl groups is 1. The lowest BCUT2D eigenvalue weighted by atomic mass is 10.0. The number of aryl methyl sites for hydroxylation is 1. The maximum Gasteiger partial charge on any atom is 0.337 e. The van der Waals surface area contributed by atoms with E-state index in [4.69, 9.17) is 5.11 Å². The van der Waals surface area contributed by atoms with Gasteiger partial charge in [-0.15, -0.1) is 0 Å². The molecule has 25 heavy (non-hydrogen) atoms. The number of carbonyl (C=O) groups excluding carboxylic acids is 1. The zero-order valence-electron chi connectivity index (χ0n) is 14.8. The molecule has 7 nitrogen and oxygen atoms in total. The molecule has 0 aliphatic rings. The van der Waals surface area contributed by atoms with Crippen molar-refractivity contribution in [2.75, 3.05) is 6.54 Å². The number of carbonyl (C=O) groups is 2. The van der Waals surface area contributed by atoms with Gasteiger partial charge in [0.25, 0.3) is 5.91 Å². The number of amides is 1. The van der Waals surface area contributed by atoms with Gasteiger partial charge in [-0.05, 0) is 31.4 Å². The summed E-state index contributed by atoms with van der Waals surface area (Å²) in [5.74, 6) is -1.85. The molecule has 0 saturated heterocycles. The van der Waals surface area contributed by atoms with E-state index in [0.717, 1.165) is 23.9 Å². The smallest absolute Gasteiger partial charge is 0.337 e. The number of carboxylic acid groups (broad SMARTS) is 1. The largest absolute Gasteiger partial charge is 0.479 e. The number of aromatic nitrogens is 2. The van der Waals surface area contributed by atoms with Gasteiger partial charge in [0.05, 0.1) is 29.7 Å². The Morgan fingerprint density at radius 1 is 1.32 bits per heavy atom. The van der Waals surface area contributed by atoms with Gasteiger partial charge in [-0.3, -0.25) is 4.79 Å². The maximum absolute atomic E-state index is 12.5. The Morgan fingerprint density at radius 3 is 2.52 bits per heavy atom. The van der Waals surface area contributed by atoms with Crippen LogP contribution in [0.5, 0.6) is 0 Å². The SMILES string of the molecule is Cc1ccccc1-n1ncc(C(=O)NCC(C)(O)C(=O)O)c1C(C)C. The third kappa shape index (κ3) is 3.88. The van der Waals surface area contributed by atoms with Gasteiger partial charge in [-0.2, -0.15) is 5.10 Å². The Balaban J connectivity index is 2.35. The zero-order valence-corrected chi connectivity index (χ0v) is 14.8. The van der Waals surface area contributed by atoms with Crippen molar-refractivity contribution in [3.63, 3.8) is 0 Å². The van der Waals surface area contributed by atoms with Gasteiger partial charge in [0.15, 0.2) is 5.60 Å². The van der Waals surface area contributed by atoms with E-state index in [1.165, 1.54) is 6.20 Å². The molecule has 0 saturated carbocycles. The Hall–Kier alpha value is -2.67. The van der Waals surface area contributed by atoms with E-state index >= 15 is 0 Å². The van der Waals surface area contributed by atoms with Crippen LogP contribution in [0.15, 0.2) is 30.5 Å². The molecule has 1 amide bonds. The summed E-state index contributed by atoms with van der Waals surface area (Å²) < 4.78 is 1.73. The minimum atomic E-state index is -2.03. The predicted molar refractivity (Wildman–Crippen MR) is 93.0 cm³/mol. The van der Waals surface area contributed by atoms with Crippen molar-refractivity contribution in [1.29, 1.82) is 0 Å². The van der Waals surface area contributed by atoms with E-state index in [1.54, 1.807) is 4.68 Å². The number of hydrogen-bond donors (Lipinski definition) is 3. The first-order valence-electron chi connectivity index (χ1n) is 8.03. The van der Waals surface area contributed by atoms with Crippen LogP contribution in [-0.2, 0) is 4.79 Å². The average Bonchev–Trinajstić information content (AvgIpc) is 2.98. The Bertz CT molecular complexity index is 793. The molecule has 1 aromatic carbocycles. The molecule has 0 aliphatic heterocycles. The monoisotopic (exact) mass is 345 g/mol. The van der Waals surface area contributed by atoms with Crippen LogP contribution in [0.2, 0.25) is 0 Å². The van der Waals surface area contributed by atoms with Gasteiger partial charge in [0, 0.05) is 0 Å². The van der Waals surface area contributed by atoms with Crippen LogP contribution < -0.4 is 5.32 Å². The summed E-state index contributed by atoms with van der Waals surface area (Å²) in [6.45, 7) is 6.61. The van der Waals surface area contributed by atoms with Crippen molar-refractivity contribution in [3.05, 3.63) is 47.3 Å². The minimum Gasteiger partial charge on any atom is -0.479 e. The summed E-state index contributed by atoms with van der Waals surface area (Å²) in [6.07, 6.45) is 1.46. The molecule has 0 aliphatic carbocycles. The molecular weight excluding hydrogens is 322 g/mol. The van der Waals surface area contributed by atoms with Gasteiger partial charge in [-0.25, -0.2) is 9.48 Å². The van der Waals surface area contributed by atoms with Crippen LogP contribution in [-0.4, -0.2) is 44.0 Å². The molecular formula is C18H23N3O4. The highest BCUT2D eigenvalue weighted by molar-refractivity contribution is 5.96. The van der Waals surface area contributed by atoms with E-state index in [0.29, 0.717) is 5.56 Å². The highest BCUT2D eigenvalue weighted by Gasteiger charge is 2.31. The van der Waals surface area contributed by atoms with Crippen molar-refractivity contribution in [1.82, 2.24) is 15.1 Å². The summed E-state index contributed by atoms with van der Waals surface area (Å²) in [5.41, 5.74) is 0.955. The predicted octanol–water partition coefficient (Wildman–Crippen LogP) is 1.87. The number of hydrogen-bond acceptors (Lipinski definition) is 4. The summed E-state index contributed by atoms with van der Waals surface area (Å²) in [5, 5.41) is 25.5. The highest BCUT2D eigenvalue weighted by Crippen LogP contribution is 2.24. The zero-order chi connectivity index (χ0) is 18.8. The molecule has 2 rings (SSSR count). The molecule has 0 bridgehead atoms. The van der Waals surface area contributed by atoms with E-state index in [-0.39, 0.29) is 5.92 Å². The highest BCUT2D eigenvalue weighted by atomic mass is 16.4. The van der Waals surface area contributed by atoms with Crippen molar-refractivity contribution in [2.24, 2.45) is 0 Å². The summed E-state index contributed by atoms with van der Waals surface area (Å²) in [7, 11) is 0. The Morgan fingerprint density at radius 2 is 1.96 bits per heavy atom. The quantitative estimate of drug-likeness (QED) is 0.741. The van der Waals surface area contributed by atoms with E-state index in [2.05, 4.69) is 10.4 Å². The molecule has 2 aromatic rings. The lowest BCUT2D eigenvalue weighted by Gasteiger charge is -2.19. The van der Waals surface area contributed by atoms with Crippen molar-refractivity contribution < 1.29 is 19.8 Å². The second kappa shape index (κ2) is 7.06. The van der Waals surface area contributed by atoms with Crippen LogP contribution in [0, 0.1) is 6.92 Å². The van der Waals surface area contributed by atoms with Crippen LogP contribution in [0.4, 0.5) is 0 Å². The fraction of sp³-hybridized carbons (Fsp3) is 0.389. The third-order valence-corrected chi connectivity index (χ3v) is 4.00. The van der Waals surface area contributed by atoms with Crippen LogP contribution in [0.1, 0.15) is 48.3 Å². The van der Waals surface area contributed by atoms with Gasteiger partial charge < -0.3 is 15.5 Å². The summed E-state index contributed by atoms with van der Waals surface area (Å²) in [4.78, 5) is 23.5. The Labute approximate surface area is 146 Å². The molecule has 1 aromatic heterocycles. The van der Waals surface area contributed by atoms with Crippen molar-refractivity contribution in [3.8, 4) is 5.69 Å². The number of rotatable bonds is 6. The fourth-order valence-electron chi connectivity index (χ4n) is 2.50. The normalized spacial score (nSPS) is 13.5. The number of nitrogens with one attached hydrogen (secondary N) is 1. The molecule has 0 spiro atoms. The second-order valence-corrected chi connectivity index (χ2v) is 6.56. The molecule has 0 radical (unpaired) electrons. The minimum absolute atomic E-state index is 0.0165. The molecule has 7 heteroatoms. The second-order valence-electron chi connectivity index (χ2n) is 6.56. The van der Waals surface area contributed by atoms with E-state index < -0.39 is 24.0 Å². The van der Waals surface area contributed by atoms with Crippen molar-refractivity contribution in [2.45, 2.75) is 39.2 Å². The van der Waals surface area contributed by atoms with Gasteiger partial charge >= 0.3 is 5.97 Å². The first-order chi connectivity index (χ1) is 11.6. The first kappa shape index (κ1) is 18.7. The maximum atomic E-state index is 12.5. The summed E-state index contributed by atoms with van der Waals surface area (Å²) in [6, 6.07) is 7.72. The third-order valence-electron chi connectivity index (χ3n) is 4.00. The van der Waals surface area contributed by atoms with Crippen molar-refractivity contribution >= 4 is 11.9 Å². The summed E-state index contributed by atoms with van der Waals surface area (Å²) >= 11 is 0.